The minimum absolute atomic E-state index is 0.0391. The zero-order chi connectivity index (χ0) is 13.8. The van der Waals surface area contributed by atoms with Crippen LogP contribution in [0.25, 0.3) is 0 Å². The molecule has 1 aromatic rings. The summed E-state index contributed by atoms with van der Waals surface area (Å²) in [4.78, 5) is 27.3. The van der Waals surface area contributed by atoms with Crippen LogP contribution in [0, 0.1) is 5.92 Å². The van der Waals surface area contributed by atoms with Crippen LogP contribution in [0.4, 0.5) is 5.13 Å². The molecule has 2 rings (SSSR count). The number of Topliss-reactive ketones (excluding diaryl/α,β-unsaturated/α-hetero) is 1. The number of hydrogen-bond donors (Lipinski definition) is 2. The van der Waals surface area contributed by atoms with Gasteiger partial charge in [-0.25, -0.2) is 4.98 Å². The predicted octanol–water partition coefficient (Wildman–Crippen LogP) is 0.909. The van der Waals surface area contributed by atoms with Crippen LogP contribution in [-0.4, -0.2) is 42.5 Å². The number of nitrogens with one attached hydrogen (secondary N) is 2. The van der Waals surface area contributed by atoms with Gasteiger partial charge in [-0.1, -0.05) is 6.92 Å². The van der Waals surface area contributed by atoms with Crippen LogP contribution in [-0.2, 0) is 9.53 Å². The van der Waals surface area contributed by atoms with Crippen molar-refractivity contribution >= 4 is 28.2 Å². The molecule has 1 aliphatic rings. The first-order valence-electron chi connectivity index (χ1n) is 6.20. The molecule has 1 aromatic heterocycles. The summed E-state index contributed by atoms with van der Waals surface area (Å²) in [6.45, 7) is 5.19. The molecule has 1 fully saturated rings. The van der Waals surface area contributed by atoms with Crippen molar-refractivity contribution in [3.8, 4) is 0 Å². The van der Waals surface area contributed by atoms with Gasteiger partial charge in [-0.05, 0) is 6.54 Å². The smallest absolute Gasteiger partial charge is 0.233 e. The number of amides is 1. The maximum Gasteiger partial charge on any atom is 0.233 e. The SMILES string of the molecule is CCNC1COCC1C(=O)Nc1nc(C(C)=O)cs1. The normalized spacial score (nSPS) is 22.4. The number of carbonyl (C=O) groups is 2. The van der Waals surface area contributed by atoms with Crippen molar-refractivity contribution in [2.24, 2.45) is 5.92 Å². The number of anilines is 1. The second-order valence-corrected chi connectivity index (χ2v) is 5.25. The molecule has 0 aliphatic carbocycles. The molecule has 7 heteroatoms. The van der Waals surface area contributed by atoms with Crippen LogP contribution in [0.15, 0.2) is 5.38 Å². The number of likely N-dealkylation sites (N-methyl/N-ethyl adjacent to an activating group) is 1. The fourth-order valence-corrected chi connectivity index (χ4v) is 2.72. The van der Waals surface area contributed by atoms with Crippen molar-refractivity contribution in [3.63, 3.8) is 0 Å². The van der Waals surface area contributed by atoms with E-state index in [2.05, 4.69) is 15.6 Å². The lowest BCUT2D eigenvalue weighted by atomic mass is 10.0. The Kier molecular flexibility index (Phi) is 4.62. The molecule has 0 aromatic carbocycles. The Morgan fingerprint density at radius 1 is 1.53 bits per heavy atom. The summed E-state index contributed by atoms with van der Waals surface area (Å²) in [5, 5.41) is 8.07. The number of thiazole rings is 1. The highest BCUT2D eigenvalue weighted by molar-refractivity contribution is 7.14. The molecule has 2 N–H and O–H groups in total. The molecule has 0 spiro atoms. The van der Waals surface area contributed by atoms with Gasteiger partial charge in [-0.15, -0.1) is 11.3 Å². The third kappa shape index (κ3) is 3.37. The third-order valence-electron chi connectivity index (χ3n) is 2.98. The molecule has 1 saturated heterocycles. The summed E-state index contributed by atoms with van der Waals surface area (Å²) in [5.41, 5.74) is 0.381. The Labute approximate surface area is 115 Å². The summed E-state index contributed by atoms with van der Waals surface area (Å²) in [6, 6.07) is 0.0391. The quantitative estimate of drug-likeness (QED) is 0.785. The number of carbonyl (C=O) groups excluding carboxylic acids is 2. The van der Waals surface area contributed by atoms with Gasteiger partial charge in [0.05, 0.1) is 19.1 Å². The lowest BCUT2D eigenvalue weighted by Crippen LogP contribution is -2.41. The van der Waals surface area contributed by atoms with Crippen LogP contribution in [0.2, 0.25) is 0 Å². The average Bonchev–Trinajstić information content (AvgIpc) is 2.98. The van der Waals surface area contributed by atoms with Crippen LogP contribution in [0.3, 0.4) is 0 Å². The number of hydrogen-bond acceptors (Lipinski definition) is 6. The summed E-state index contributed by atoms with van der Waals surface area (Å²) in [5.74, 6) is -0.441. The van der Waals surface area contributed by atoms with Crippen LogP contribution in [0.5, 0.6) is 0 Å². The van der Waals surface area contributed by atoms with E-state index in [-0.39, 0.29) is 23.7 Å². The van der Waals surface area contributed by atoms with Gasteiger partial charge in [-0.3, -0.25) is 9.59 Å². The standard InChI is InChI=1S/C12H17N3O3S/c1-3-13-9-5-18-4-8(9)11(17)15-12-14-10(6-19-12)7(2)16/h6,8-9,13H,3-5H2,1-2H3,(H,14,15,17). The van der Waals surface area contributed by atoms with Gasteiger partial charge in [0.2, 0.25) is 5.91 Å². The van der Waals surface area contributed by atoms with E-state index in [4.69, 9.17) is 4.74 Å². The van der Waals surface area contributed by atoms with Gasteiger partial charge in [0.15, 0.2) is 10.9 Å². The van der Waals surface area contributed by atoms with Crippen molar-refractivity contribution in [2.45, 2.75) is 19.9 Å². The summed E-state index contributed by atoms with van der Waals surface area (Å²) in [7, 11) is 0. The van der Waals surface area contributed by atoms with Crippen LogP contribution in [0.1, 0.15) is 24.3 Å². The summed E-state index contributed by atoms with van der Waals surface area (Å²) >= 11 is 1.25. The highest BCUT2D eigenvalue weighted by Crippen LogP contribution is 2.20. The van der Waals surface area contributed by atoms with E-state index in [0.717, 1.165) is 6.54 Å². The van der Waals surface area contributed by atoms with Crippen molar-refractivity contribution in [1.29, 1.82) is 0 Å². The van der Waals surface area contributed by atoms with Crippen molar-refractivity contribution in [3.05, 3.63) is 11.1 Å². The monoisotopic (exact) mass is 283 g/mol. The first-order chi connectivity index (χ1) is 9.11. The minimum atomic E-state index is -0.218. The summed E-state index contributed by atoms with van der Waals surface area (Å²) < 4.78 is 5.33. The van der Waals surface area contributed by atoms with Crippen molar-refractivity contribution in [1.82, 2.24) is 10.3 Å². The van der Waals surface area contributed by atoms with E-state index in [1.165, 1.54) is 18.3 Å². The van der Waals surface area contributed by atoms with E-state index < -0.39 is 0 Å². The molecule has 104 valence electrons. The molecular formula is C12H17N3O3S. The Balaban J connectivity index is 1.97. The molecule has 0 radical (unpaired) electrons. The Bertz CT molecular complexity index is 475. The molecule has 1 amide bonds. The van der Waals surface area contributed by atoms with Gasteiger partial charge in [0, 0.05) is 18.3 Å². The molecular weight excluding hydrogens is 266 g/mol. The highest BCUT2D eigenvalue weighted by atomic mass is 32.1. The Morgan fingerprint density at radius 3 is 2.95 bits per heavy atom. The second kappa shape index (κ2) is 6.23. The number of ketones is 1. The van der Waals surface area contributed by atoms with E-state index in [9.17, 15) is 9.59 Å². The first kappa shape index (κ1) is 14.1. The molecule has 0 saturated carbocycles. The van der Waals surface area contributed by atoms with Gasteiger partial charge in [0.25, 0.3) is 0 Å². The zero-order valence-electron chi connectivity index (χ0n) is 10.9. The highest BCUT2D eigenvalue weighted by Gasteiger charge is 2.33. The van der Waals surface area contributed by atoms with Gasteiger partial charge in [-0.2, -0.15) is 0 Å². The fraction of sp³-hybridized carbons (Fsp3) is 0.583. The third-order valence-corrected chi connectivity index (χ3v) is 3.74. The van der Waals surface area contributed by atoms with E-state index >= 15 is 0 Å². The van der Waals surface area contributed by atoms with Gasteiger partial charge in [0.1, 0.15) is 5.69 Å². The largest absolute Gasteiger partial charge is 0.379 e. The minimum Gasteiger partial charge on any atom is -0.379 e. The number of nitrogens with zero attached hydrogens (tertiary/aromatic N) is 1. The zero-order valence-corrected chi connectivity index (χ0v) is 11.8. The number of rotatable bonds is 5. The predicted molar refractivity (Wildman–Crippen MR) is 72.5 cm³/mol. The topological polar surface area (TPSA) is 80.3 Å². The lowest BCUT2D eigenvalue weighted by Gasteiger charge is -2.16. The number of ether oxygens (including phenoxy) is 1. The molecule has 19 heavy (non-hydrogen) atoms. The molecule has 2 unspecified atom stereocenters. The Hall–Kier alpha value is -1.31. The summed E-state index contributed by atoms with van der Waals surface area (Å²) in [6.07, 6.45) is 0. The fourth-order valence-electron chi connectivity index (χ4n) is 1.97. The molecule has 2 atom stereocenters. The van der Waals surface area contributed by atoms with E-state index in [1.807, 2.05) is 6.92 Å². The molecule has 2 heterocycles. The van der Waals surface area contributed by atoms with E-state index in [0.29, 0.717) is 24.0 Å². The lowest BCUT2D eigenvalue weighted by molar-refractivity contribution is -0.120. The van der Waals surface area contributed by atoms with Crippen LogP contribution < -0.4 is 10.6 Å². The van der Waals surface area contributed by atoms with E-state index in [1.54, 1.807) is 5.38 Å². The molecule has 6 nitrogen and oxygen atoms in total. The van der Waals surface area contributed by atoms with Crippen molar-refractivity contribution in [2.75, 3.05) is 25.1 Å². The average molecular weight is 283 g/mol. The van der Waals surface area contributed by atoms with Gasteiger partial charge < -0.3 is 15.4 Å². The maximum absolute atomic E-state index is 12.1. The van der Waals surface area contributed by atoms with Crippen molar-refractivity contribution < 1.29 is 14.3 Å². The first-order valence-corrected chi connectivity index (χ1v) is 7.08. The maximum atomic E-state index is 12.1. The molecule has 1 aliphatic heterocycles. The van der Waals surface area contributed by atoms with Crippen LogP contribution >= 0.6 is 11.3 Å². The Morgan fingerprint density at radius 2 is 2.32 bits per heavy atom. The second-order valence-electron chi connectivity index (χ2n) is 4.39. The molecule has 0 bridgehead atoms. The van der Waals surface area contributed by atoms with Gasteiger partial charge >= 0.3 is 0 Å². The number of aromatic nitrogens is 1.